The third kappa shape index (κ3) is 3.67. The Morgan fingerprint density at radius 1 is 0.711 bits per heavy atom. The van der Waals surface area contributed by atoms with Crippen molar-refractivity contribution in [2.45, 2.75) is 0 Å². The Morgan fingerprint density at radius 3 is 1.67 bits per heavy atom. The molecule has 0 saturated heterocycles. The number of allylic oxidation sites excluding steroid dienone is 3. The first kappa shape index (κ1) is 27.3. The van der Waals surface area contributed by atoms with Crippen LogP contribution in [0.3, 0.4) is 0 Å². The molecule has 0 heterocycles. The van der Waals surface area contributed by atoms with E-state index in [4.69, 9.17) is 6.57 Å². The molecule has 7 rings (SSSR count). The second-order valence-electron chi connectivity index (χ2n) is 11.0. The maximum Gasteiger partial charge on any atom is 0.270 e. The van der Waals surface area contributed by atoms with Crippen LogP contribution < -0.4 is 5.11 Å². The van der Waals surface area contributed by atoms with Crippen molar-refractivity contribution in [2.24, 2.45) is 0 Å². The van der Waals surface area contributed by atoms with Crippen molar-refractivity contribution in [3.63, 3.8) is 0 Å². The Morgan fingerprint density at radius 2 is 1.20 bits per heavy atom. The monoisotopic (exact) mass is 589 g/mol. The fraction of sp³-hybridized carbons (Fsp3) is 0.0541. The lowest BCUT2D eigenvalue weighted by atomic mass is 9.69. The first-order valence-electron chi connectivity index (χ1n) is 13.9. The van der Waals surface area contributed by atoms with Gasteiger partial charge in [-0.25, -0.2) is 14.7 Å². The van der Waals surface area contributed by atoms with Crippen molar-refractivity contribution in [1.29, 1.82) is 5.26 Å². The molecule has 2 aliphatic rings. The quantitative estimate of drug-likeness (QED) is 0.0863. The molecule has 0 radical (unpaired) electrons. The molecule has 216 valence electrons. The molecule has 0 amide bonds. The number of fused-ring (bicyclic) bond motifs is 4. The summed E-state index contributed by atoms with van der Waals surface area (Å²) in [5.41, 5.74) is 2.34. The molecule has 2 aliphatic carbocycles. The Balaban J connectivity index is 1.74. The van der Waals surface area contributed by atoms with E-state index in [2.05, 4.69) is 4.85 Å². The third-order valence-corrected chi connectivity index (χ3v) is 8.41. The SMILES string of the molecule is [C-]#[N+]/C(C#N)=C1/C(=C2c3c(O)cccc3C(=[N+](C)C)c3cccc(O)c32)C([O-])=C1c1c2c(O)cccc2cc2cccc(O)c12. The molecule has 45 heavy (non-hydrogen) atoms. The third-order valence-electron chi connectivity index (χ3n) is 8.41. The minimum Gasteiger partial charge on any atom is -0.872 e. The molecule has 0 saturated carbocycles. The van der Waals surface area contributed by atoms with Crippen molar-refractivity contribution in [3.05, 3.63) is 141 Å². The summed E-state index contributed by atoms with van der Waals surface area (Å²) >= 11 is 0. The molecule has 0 fully saturated rings. The second kappa shape index (κ2) is 9.77. The Kier molecular flexibility index (Phi) is 5.93. The molecular weight excluding hydrogens is 566 g/mol. The second-order valence-corrected chi connectivity index (χ2v) is 11.0. The normalized spacial score (nSPS) is 14.9. The lowest BCUT2D eigenvalue weighted by Crippen LogP contribution is -2.28. The van der Waals surface area contributed by atoms with Crippen LogP contribution in [0.15, 0.2) is 101 Å². The molecule has 0 unspecified atom stereocenters. The van der Waals surface area contributed by atoms with Gasteiger partial charge in [-0.2, -0.15) is 0 Å². The molecule has 5 aromatic rings. The van der Waals surface area contributed by atoms with Gasteiger partial charge in [0.25, 0.3) is 5.70 Å². The van der Waals surface area contributed by atoms with Crippen LogP contribution in [0.5, 0.6) is 23.0 Å². The van der Waals surface area contributed by atoms with Crippen LogP contribution in [-0.2, 0) is 0 Å². The van der Waals surface area contributed by atoms with Crippen LogP contribution in [0.25, 0.3) is 37.5 Å². The fourth-order valence-electron chi connectivity index (χ4n) is 6.71. The van der Waals surface area contributed by atoms with Gasteiger partial charge >= 0.3 is 0 Å². The van der Waals surface area contributed by atoms with Gasteiger partial charge in [0.05, 0.1) is 23.8 Å². The number of hydrogen-bond acceptors (Lipinski definition) is 6. The van der Waals surface area contributed by atoms with E-state index in [1.54, 1.807) is 54.6 Å². The molecule has 0 bridgehead atoms. The Labute approximate surface area is 257 Å². The molecule has 0 aliphatic heterocycles. The summed E-state index contributed by atoms with van der Waals surface area (Å²) in [5.74, 6) is -1.19. The van der Waals surface area contributed by atoms with Gasteiger partial charge in [-0.05, 0) is 64.4 Å². The molecule has 8 nitrogen and oxygen atoms in total. The van der Waals surface area contributed by atoms with Crippen LogP contribution >= 0.6 is 0 Å². The number of nitrogens with zero attached hydrogens (tertiary/aromatic N) is 3. The van der Waals surface area contributed by atoms with Crippen LogP contribution in [0.4, 0.5) is 0 Å². The standard InChI is InChI=1S/C37H23N3O5/c1-39-22(17-38)31-34(32-27-18(8-4-12-23(27)41)16-19-9-5-13-24(42)28(19)32)37(45)35(31)33-29-20(10-6-14-25(29)43)36(40(2)3)21-11-7-15-26(44)30(21)33/h4-16H,2-3H3,(H4-,41,42,43,44,45)/b31-22+. The van der Waals surface area contributed by atoms with Gasteiger partial charge in [0.15, 0.2) is 0 Å². The minimum absolute atomic E-state index is 0.00418. The van der Waals surface area contributed by atoms with E-state index < -0.39 is 5.76 Å². The van der Waals surface area contributed by atoms with Crippen molar-refractivity contribution >= 4 is 38.4 Å². The molecular formula is C37H23N3O5. The number of phenols is 4. The van der Waals surface area contributed by atoms with Gasteiger partial charge in [0.1, 0.15) is 37.1 Å². The van der Waals surface area contributed by atoms with E-state index in [1.165, 1.54) is 24.3 Å². The largest absolute Gasteiger partial charge is 0.872 e. The van der Waals surface area contributed by atoms with Crippen LogP contribution in [0.1, 0.15) is 27.8 Å². The predicted molar refractivity (Wildman–Crippen MR) is 168 cm³/mol. The average Bonchev–Trinajstić information content (AvgIpc) is 3.01. The van der Waals surface area contributed by atoms with Gasteiger partial charge in [0, 0.05) is 38.6 Å². The maximum absolute atomic E-state index is 14.7. The summed E-state index contributed by atoms with van der Waals surface area (Å²) in [6, 6.07) is 23.4. The Hall–Kier alpha value is -6.51. The Bertz CT molecular complexity index is 2280. The molecule has 0 aromatic heterocycles. The van der Waals surface area contributed by atoms with Gasteiger partial charge < -0.3 is 25.5 Å². The minimum atomic E-state index is -0.576. The van der Waals surface area contributed by atoms with Crippen molar-refractivity contribution in [3.8, 4) is 29.1 Å². The van der Waals surface area contributed by atoms with Gasteiger partial charge in [-0.3, -0.25) is 0 Å². The molecule has 0 atom stereocenters. The van der Waals surface area contributed by atoms with Gasteiger partial charge in [-0.1, -0.05) is 42.2 Å². The zero-order chi connectivity index (χ0) is 31.7. The van der Waals surface area contributed by atoms with Crippen LogP contribution in [0, 0.1) is 17.9 Å². The lowest BCUT2D eigenvalue weighted by Gasteiger charge is -2.40. The van der Waals surface area contributed by atoms with Crippen molar-refractivity contribution in [1.82, 2.24) is 0 Å². The number of phenolic OH excluding ortho intramolecular Hbond substituents is 4. The highest BCUT2D eigenvalue weighted by atomic mass is 16.3. The van der Waals surface area contributed by atoms with E-state index >= 15 is 0 Å². The van der Waals surface area contributed by atoms with Gasteiger partial charge in [0.2, 0.25) is 5.71 Å². The van der Waals surface area contributed by atoms with E-state index in [-0.39, 0.29) is 78.5 Å². The molecule has 5 aromatic carbocycles. The van der Waals surface area contributed by atoms with Crippen molar-refractivity contribution in [2.75, 3.05) is 14.1 Å². The first-order valence-corrected chi connectivity index (χ1v) is 13.9. The van der Waals surface area contributed by atoms with E-state index in [9.17, 15) is 30.8 Å². The topological polar surface area (TPSA) is 135 Å². The summed E-state index contributed by atoms with van der Waals surface area (Å²) in [7, 11) is 3.66. The number of benzene rings is 5. The number of rotatable bonds is 1. The summed E-state index contributed by atoms with van der Waals surface area (Å²) in [6.45, 7) is 7.91. The average molecular weight is 590 g/mol. The summed E-state index contributed by atoms with van der Waals surface area (Å²) < 4.78 is 1.85. The fourth-order valence-corrected chi connectivity index (χ4v) is 6.71. The highest BCUT2D eigenvalue weighted by Crippen LogP contribution is 2.57. The zero-order valence-corrected chi connectivity index (χ0v) is 24.0. The zero-order valence-electron chi connectivity index (χ0n) is 24.0. The summed E-state index contributed by atoms with van der Waals surface area (Å²) in [5, 5.41) is 71.4. The number of aromatic hydroxyl groups is 4. The molecule has 8 heteroatoms. The maximum atomic E-state index is 14.7. The van der Waals surface area contributed by atoms with Crippen LogP contribution in [0.2, 0.25) is 0 Å². The molecule has 4 N–H and O–H groups in total. The smallest absolute Gasteiger partial charge is 0.270 e. The van der Waals surface area contributed by atoms with Crippen molar-refractivity contribution < 1.29 is 30.1 Å². The summed E-state index contributed by atoms with van der Waals surface area (Å²) in [6.07, 6.45) is 0. The summed E-state index contributed by atoms with van der Waals surface area (Å²) in [4.78, 5) is 3.49. The lowest BCUT2D eigenvalue weighted by molar-refractivity contribution is -0.463. The molecule has 0 spiro atoms. The number of nitriles is 1. The highest BCUT2D eigenvalue weighted by molar-refractivity contribution is 6.25. The van der Waals surface area contributed by atoms with E-state index in [1.807, 2.05) is 24.7 Å². The highest BCUT2D eigenvalue weighted by Gasteiger charge is 2.40. The first-order chi connectivity index (χ1) is 21.7. The predicted octanol–water partition coefficient (Wildman–Crippen LogP) is 5.52. The van der Waals surface area contributed by atoms with Crippen LogP contribution in [-0.4, -0.2) is 44.8 Å². The number of hydrogen-bond donors (Lipinski definition) is 4. The van der Waals surface area contributed by atoms with E-state index in [0.717, 1.165) is 0 Å². The van der Waals surface area contributed by atoms with Gasteiger partial charge in [-0.15, -0.1) is 0 Å². The van der Waals surface area contributed by atoms with E-state index in [0.29, 0.717) is 27.6 Å².